The lowest BCUT2D eigenvalue weighted by molar-refractivity contribution is 0.628. The molecule has 0 aliphatic rings. The van der Waals surface area contributed by atoms with Crippen molar-refractivity contribution in [3.63, 3.8) is 0 Å². The molecular weight excluding hydrogens is 287 g/mol. The minimum absolute atomic E-state index is 0.234. The zero-order valence-corrected chi connectivity index (χ0v) is 13.1. The smallest absolute Gasteiger partial charge is 0.123 e. The number of halogens is 2. The third-order valence-corrected chi connectivity index (χ3v) is 3.67. The van der Waals surface area contributed by atoms with E-state index in [1.807, 2.05) is 12.1 Å². The Balaban J connectivity index is 2.43. The van der Waals surface area contributed by atoms with Crippen LogP contribution >= 0.6 is 11.6 Å². The summed E-state index contributed by atoms with van der Waals surface area (Å²) in [4.78, 5) is 2.11. The monoisotopic (exact) mass is 306 g/mol. The van der Waals surface area contributed by atoms with Crippen molar-refractivity contribution in [2.24, 2.45) is 0 Å². The maximum absolute atomic E-state index is 13.1. The molecule has 0 aromatic heterocycles. The highest BCUT2D eigenvalue weighted by Crippen LogP contribution is 2.35. The second kappa shape index (κ2) is 7.43. The summed E-state index contributed by atoms with van der Waals surface area (Å²) in [5, 5.41) is 4.03. The van der Waals surface area contributed by atoms with Gasteiger partial charge in [0.25, 0.3) is 0 Å². The number of para-hydroxylation sites is 1. The highest BCUT2D eigenvalue weighted by Gasteiger charge is 2.15. The van der Waals surface area contributed by atoms with E-state index in [-0.39, 0.29) is 5.82 Å². The number of nitrogens with zero attached hydrogens (tertiary/aromatic N) is 1. The third kappa shape index (κ3) is 3.74. The molecule has 0 heterocycles. The van der Waals surface area contributed by atoms with Crippen molar-refractivity contribution >= 4 is 23.0 Å². The number of rotatable bonds is 6. The second-order valence-electron chi connectivity index (χ2n) is 4.75. The normalized spacial score (nSPS) is 10.7. The fourth-order valence-electron chi connectivity index (χ4n) is 2.36. The van der Waals surface area contributed by atoms with Crippen LogP contribution in [-0.4, -0.2) is 13.1 Å². The molecule has 0 spiro atoms. The van der Waals surface area contributed by atoms with Gasteiger partial charge in [0.2, 0.25) is 0 Å². The second-order valence-corrected chi connectivity index (χ2v) is 5.16. The lowest BCUT2D eigenvalue weighted by Crippen LogP contribution is -2.21. The average molecular weight is 307 g/mol. The highest BCUT2D eigenvalue weighted by atomic mass is 35.5. The Labute approximate surface area is 130 Å². The van der Waals surface area contributed by atoms with Crippen molar-refractivity contribution in [2.75, 3.05) is 18.0 Å². The van der Waals surface area contributed by atoms with E-state index in [9.17, 15) is 4.39 Å². The molecule has 0 radical (unpaired) electrons. The first-order valence-corrected chi connectivity index (χ1v) is 7.56. The van der Waals surface area contributed by atoms with Crippen molar-refractivity contribution in [3.05, 3.63) is 58.9 Å². The van der Waals surface area contributed by atoms with Crippen molar-refractivity contribution in [1.82, 2.24) is 5.32 Å². The summed E-state index contributed by atoms with van der Waals surface area (Å²) in [6.07, 6.45) is 0. The molecule has 0 amide bonds. The van der Waals surface area contributed by atoms with E-state index < -0.39 is 0 Å². The predicted molar refractivity (Wildman–Crippen MR) is 87.9 cm³/mol. The van der Waals surface area contributed by atoms with Crippen LogP contribution in [0.4, 0.5) is 15.8 Å². The summed E-state index contributed by atoms with van der Waals surface area (Å²) in [5.74, 6) is -0.234. The van der Waals surface area contributed by atoms with E-state index in [1.165, 1.54) is 12.1 Å². The molecule has 21 heavy (non-hydrogen) atoms. The molecular formula is C17H20ClFN2. The SMILES string of the molecule is CCNCc1cccc(Cl)c1N(CC)c1ccc(F)cc1. The van der Waals surface area contributed by atoms with E-state index in [4.69, 9.17) is 11.6 Å². The van der Waals surface area contributed by atoms with Gasteiger partial charge in [0.05, 0.1) is 10.7 Å². The molecule has 0 atom stereocenters. The number of anilines is 2. The van der Waals surface area contributed by atoms with Crippen LogP contribution in [0.3, 0.4) is 0 Å². The van der Waals surface area contributed by atoms with E-state index >= 15 is 0 Å². The molecule has 0 saturated heterocycles. The van der Waals surface area contributed by atoms with Crippen molar-refractivity contribution in [2.45, 2.75) is 20.4 Å². The fraction of sp³-hybridized carbons (Fsp3) is 0.294. The Kier molecular flexibility index (Phi) is 5.59. The lowest BCUT2D eigenvalue weighted by atomic mass is 10.1. The van der Waals surface area contributed by atoms with Crippen molar-refractivity contribution in [3.8, 4) is 0 Å². The van der Waals surface area contributed by atoms with Gasteiger partial charge >= 0.3 is 0 Å². The van der Waals surface area contributed by atoms with Gasteiger partial charge in [0.1, 0.15) is 5.82 Å². The largest absolute Gasteiger partial charge is 0.340 e. The molecule has 2 aromatic carbocycles. The topological polar surface area (TPSA) is 15.3 Å². The first-order valence-electron chi connectivity index (χ1n) is 7.18. The van der Waals surface area contributed by atoms with Crippen LogP contribution in [0.5, 0.6) is 0 Å². The number of nitrogens with one attached hydrogen (secondary N) is 1. The summed E-state index contributed by atoms with van der Waals surface area (Å²) >= 11 is 6.42. The van der Waals surface area contributed by atoms with Crippen LogP contribution in [0.1, 0.15) is 19.4 Å². The summed E-state index contributed by atoms with van der Waals surface area (Å²) in [7, 11) is 0. The van der Waals surface area contributed by atoms with Crippen LogP contribution in [0.15, 0.2) is 42.5 Å². The van der Waals surface area contributed by atoms with Gasteiger partial charge in [-0.15, -0.1) is 0 Å². The van der Waals surface area contributed by atoms with Gasteiger partial charge in [-0.05, 0) is 49.4 Å². The molecule has 4 heteroatoms. The molecule has 112 valence electrons. The van der Waals surface area contributed by atoms with Crippen LogP contribution in [0.25, 0.3) is 0 Å². The van der Waals surface area contributed by atoms with Crippen molar-refractivity contribution in [1.29, 1.82) is 0 Å². The first-order chi connectivity index (χ1) is 10.2. The van der Waals surface area contributed by atoms with Crippen LogP contribution in [-0.2, 0) is 6.54 Å². The van der Waals surface area contributed by atoms with E-state index in [0.29, 0.717) is 5.02 Å². The number of benzene rings is 2. The quantitative estimate of drug-likeness (QED) is 0.828. The molecule has 0 saturated carbocycles. The zero-order valence-electron chi connectivity index (χ0n) is 12.4. The van der Waals surface area contributed by atoms with Gasteiger partial charge < -0.3 is 10.2 Å². The Morgan fingerprint density at radius 2 is 1.81 bits per heavy atom. The summed E-state index contributed by atoms with van der Waals surface area (Å²) in [5.41, 5.74) is 3.05. The molecule has 0 unspecified atom stereocenters. The predicted octanol–water partition coefficient (Wildman–Crippen LogP) is 4.75. The van der Waals surface area contributed by atoms with Gasteiger partial charge in [-0.1, -0.05) is 30.7 Å². The fourth-order valence-corrected chi connectivity index (χ4v) is 2.65. The van der Waals surface area contributed by atoms with Crippen molar-refractivity contribution < 1.29 is 4.39 Å². The Morgan fingerprint density at radius 1 is 1.10 bits per heavy atom. The summed E-state index contributed by atoms with van der Waals surface area (Å²) in [6.45, 7) is 6.54. The first kappa shape index (κ1) is 15.8. The number of hydrogen-bond acceptors (Lipinski definition) is 2. The number of hydrogen-bond donors (Lipinski definition) is 1. The molecule has 0 aliphatic carbocycles. The molecule has 0 bridgehead atoms. The van der Waals surface area contributed by atoms with E-state index in [0.717, 1.165) is 36.6 Å². The van der Waals surface area contributed by atoms with Gasteiger partial charge in [-0.25, -0.2) is 4.39 Å². The Bertz CT molecular complexity index is 584. The Morgan fingerprint density at radius 3 is 2.43 bits per heavy atom. The van der Waals surface area contributed by atoms with Gasteiger partial charge in [0, 0.05) is 18.8 Å². The maximum atomic E-state index is 13.1. The third-order valence-electron chi connectivity index (χ3n) is 3.36. The maximum Gasteiger partial charge on any atom is 0.123 e. The standard InChI is InChI=1S/C17H20ClFN2/c1-3-20-12-13-6-5-7-16(18)17(13)21(4-2)15-10-8-14(19)9-11-15/h5-11,20H,3-4,12H2,1-2H3. The molecule has 0 aliphatic heterocycles. The zero-order chi connectivity index (χ0) is 15.2. The molecule has 0 fully saturated rings. The summed E-state index contributed by atoms with van der Waals surface area (Å²) in [6, 6.07) is 12.4. The minimum Gasteiger partial charge on any atom is -0.340 e. The molecule has 1 N–H and O–H groups in total. The molecule has 2 rings (SSSR count). The average Bonchev–Trinajstić information content (AvgIpc) is 2.49. The minimum atomic E-state index is -0.234. The van der Waals surface area contributed by atoms with Crippen LogP contribution < -0.4 is 10.2 Å². The van der Waals surface area contributed by atoms with E-state index in [2.05, 4.69) is 30.1 Å². The van der Waals surface area contributed by atoms with Gasteiger partial charge in [-0.3, -0.25) is 0 Å². The van der Waals surface area contributed by atoms with Crippen LogP contribution in [0, 0.1) is 5.82 Å². The molecule has 2 aromatic rings. The van der Waals surface area contributed by atoms with E-state index in [1.54, 1.807) is 12.1 Å². The van der Waals surface area contributed by atoms with Gasteiger partial charge in [0.15, 0.2) is 0 Å². The highest BCUT2D eigenvalue weighted by molar-refractivity contribution is 6.33. The lowest BCUT2D eigenvalue weighted by Gasteiger charge is -2.27. The van der Waals surface area contributed by atoms with Gasteiger partial charge in [-0.2, -0.15) is 0 Å². The Hall–Kier alpha value is -1.58. The molecule has 2 nitrogen and oxygen atoms in total. The van der Waals surface area contributed by atoms with Crippen LogP contribution in [0.2, 0.25) is 5.02 Å². The summed E-state index contributed by atoms with van der Waals surface area (Å²) < 4.78 is 13.1.